The first-order chi connectivity index (χ1) is 10.0. The zero-order chi connectivity index (χ0) is 15.4. The summed E-state index contributed by atoms with van der Waals surface area (Å²) < 4.78 is 2.29. The molecule has 1 aromatic heterocycles. The van der Waals surface area contributed by atoms with E-state index < -0.39 is 0 Å². The molecule has 1 amide bonds. The van der Waals surface area contributed by atoms with E-state index in [0.717, 1.165) is 14.4 Å². The molecule has 0 saturated heterocycles. The van der Waals surface area contributed by atoms with Crippen LogP contribution in [0.1, 0.15) is 13.8 Å². The number of halogens is 2. The Balaban J connectivity index is 2.15. The molecule has 1 aromatic carbocycles. The molecule has 0 radical (unpaired) electrons. The SMILES string of the molecule is CCN(CC)C(=O)n1ccc(Sc2ccc(Br)cc2Cl)n1. The highest BCUT2D eigenvalue weighted by molar-refractivity contribution is 9.10. The lowest BCUT2D eigenvalue weighted by Gasteiger charge is -2.17. The third-order valence-corrected chi connectivity index (χ3v) is 4.82. The standard InChI is InChI=1S/C14H15BrClN3OS/c1-3-18(4-2)14(20)19-8-7-13(17-19)21-12-6-5-10(15)9-11(12)16/h5-9H,3-4H2,1-2H3. The maximum atomic E-state index is 12.2. The first-order valence-corrected chi connectivity index (χ1v) is 8.51. The second-order valence-corrected chi connectivity index (χ2v) is 6.62. The third kappa shape index (κ3) is 4.02. The summed E-state index contributed by atoms with van der Waals surface area (Å²) in [5, 5.41) is 5.69. The van der Waals surface area contributed by atoms with Crippen molar-refractivity contribution in [3.63, 3.8) is 0 Å². The molecule has 0 N–H and O–H groups in total. The van der Waals surface area contributed by atoms with Crippen molar-refractivity contribution in [1.82, 2.24) is 14.7 Å². The van der Waals surface area contributed by atoms with Crippen LogP contribution >= 0.6 is 39.3 Å². The molecular weight excluding hydrogens is 374 g/mol. The Bertz CT molecular complexity index is 643. The van der Waals surface area contributed by atoms with Crippen molar-refractivity contribution in [2.45, 2.75) is 23.8 Å². The normalized spacial score (nSPS) is 10.7. The van der Waals surface area contributed by atoms with Crippen LogP contribution in [0.15, 0.2) is 44.9 Å². The summed E-state index contributed by atoms with van der Waals surface area (Å²) in [6.07, 6.45) is 1.68. The molecule has 1 heterocycles. The first kappa shape index (κ1) is 16.4. The van der Waals surface area contributed by atoms with E-state index in [1.54, 1.807) is 11.1 Å². The summed E-state index contributed by atoms with van der Waals surface area (Å²) in [7, 11) is 0. The molecule has 7 heteroatoms. The van der Waals surface area contributed by atoms with E-state index in [9.17, 15) is 4.79 Å². The van der Waals surface area contributed by atoms with E-state index in [0.29, 0.717) is 18.1 Å². The molecule has 0 saturated carbocycles. The number of aromatic nitrogens is 2. The summed E-state index contributed by atoms with van der Waals surface area (Å²) >= 11 is 11.0. The van der Waals surface area contributed by atoms with Crippen LogP contribution < -0.4 is 0 Å². The zero-order valence-electron chi connectivity index (χ0n) is 11.7. The Morgan fingerprint density at radius 3 is 2.71 bits per heavy atom. The Morgan fingerprint density at radius 2 is 2.10 bits per heavy atom. The number of hydrogen-bond donors (Lipinski definition) is 0. The Kier molecular flexibility index (Phi) is 5.72. The van der Waals surface area contributed by atoms with Gasteiger partial charge in [0.05, 0.1) is 5.02 Å². The fraction of sp³-hybridized carbons (Fsp3) is 0.286. The van der Waals surface area contributed by atoms with Crippen molar-refractivity contribution >= 4 is 45.3 Å². The van der Waals surface area contributed by atoms with Crippen molar-refractivity contribution in [2.24, 2.45) is 0 Å². The van der Waals surface area contributed by atoms with Gasteiger partial charge in [-0.3, -0.25) is 0 Å². The zero-order valence-corrected chi connectivity index (χ0v) is 14.9. The van der Waals surface area contributed by atoms with E-state index in [-0.39, 0.29) is 6.03 Å². The highest BCUT2D eigenvalue weighted by Gasteiger charge is 2.14. The number of carbonyl (C=O) groups excluding carboxylic acids is 1. The van der Waals surface area contributed by atoms with Gasteiger partial charge in [0.2, 0.25) is 0 Å². The van der Waals surface area contributed by atoms with Gasteiger partial charge in [0.25, 0.3) is 0 Å². The molecule has 2 rings (SSSR count). The molecule has 0 unspecified atom stereocenters. The van der Waals surface area contributed by atoms with Gasteiger partial charge in [0, 0.05) is 28.7 Å². The van der Waals surface area contributed by atoms with E-state index in [4.69, 9.17) is 11.6 Å². The molecule has 21 heavy (non-hydrogen) atoms. The van der Waals surface area contributed by atoms with Crippen LogP contribution in [0.2, 0.25) is 5.02 Å². The van der Waals surface area contributed by atoms with Crippen molar-refractivity contribution < 1.29 is 4.79 Å². The number of rotatable bonds is 4. The molecule has 112 valence electrons. The van der Waals surface area contributed by atoms with Gasteiger partial charge in [-0.25, -0.2) is 4.79 Å². The first-order valence-electron chi connectivity index (χ1n) is 6.53. The van der Waals surface area contributed by atoms with Gasteiger partial charge >= 0.3 is 6.03 Å². The van der Waals surface area contributed by atoms with Gasteiger partial charge < -0.3 is 4.90 Å². The summed E-state index contributed by atoms with van der Waals surface area (Å²) in [4.78, 5) is 14.8. The van der Waals surface area contributed by atoms with E-state index >= 15 is 0 Å². The molecule has 0 aliphatic rings. The number of amides is 1. The summed E-state index contributed by atoms with van der Waals surface area (Å²) in [5.74, 6) is 0. The van der Waals surface area contributed by atoms with Crippen LogP contribution in [-0.2, 0) is 0 Å². The second kappa shape index (κ2) is 7.33. The summed E-state index contributed by atoms with van der Waals surface area (Å²) in [5.41, 5.74) is 0. The van der Waals surface area contributed by atoms with Crippen LogP contribution in [0.25, 0.3) is 0 Å². The maximum absolute atomic E-state index is 12.2. The van der Waals surface area contributed by atoms with Gasteiger partial charge in [0.1, 0.15) is 5.03 Å². The summed E-state index contributed by atoms with van der Waals surface area (Å²) in [6, 6.07) is 7.37. The largest absolute Gasteiger partial charge is 0.344 e. The van der Waals surface area contributed by atoms with Gasteiger partial charge in [-0.15, -0.1) is 0 Å². The third-order valence-electron chi connectivity index (χ3n) is 2.90. The average Bonchev–Trinajstić information content (AvgIpc) is 2.92. The smallest absolute Gasteiger partial charge is 0.323 e. The van der Waals surface area contributed by atoms with Gasteiger partial charge in [0.15, 0.2) is 0 Å². The number of benzene rings is 1. The van der Waals surface area contributed by atoms with E-state index in [1.807, 2.05) is 38.1 Å². The van der Waals surface area contributed by atoms with Crippen LogP contribution in [0, 0.1) is 0 Å². The van der Waals surface area contributed by atoms with E-state index in [2.05, 4.69) is 21.0 Å². The molecular formula is C14H15BrClN3OS. The minimum absolute atomic E-state index is 0.117. The molecule has 2 aromatic rings. The number of hydrogen-bond acceptors (Lipinski definition) is 3. The molecule has 0 aliphatic carbocycles. The molecule has 0 spiro atoms. The monoisotopic (exact) mass is 387 g/mol. The predicted octanol–water partition coefficient (Wildman–Crippen LogP) is 4.76. The second-order valence-electron chi connectivity index (χ2n) is 4.23. The average molecular weight is 389 g/mol. The van der Waals surface area contributed by atoms with Crippen LogP contribution in [0.3, 0.4) is 0 Å². The van der Waals surface area contributed by atoms with Gasteiger partial charge in [-0.2, -0.15) is 9.78 Å². The topological polar surface area (TPSA) is 38.1 Å². The lowest BCUT2D eigenvalue weighted by Crippen LogP contribution is -2.34. The number of nitrogens with zero attached hydrogens (tertiary/aromatic N) is 3. The molecule has 0 aliphatic heterocycles. The fourth-order valence-corrected chi connectivity index (χ4v) is 3.34. The Morgan fingerprint density at radius 1 is 1.38 bits per heavy atom. The predicted molar refractivity (Wildman–Crippen MR) is 89.2 cm³/mol. The highest BCUT2D eigenvalue weighted by atomic mass is 79.9. The van der Waals surface area contributed by atoms with Gasteiger partial charge in [-0.05, 0) is 38.1 Å². The quantitative estimate of drug-likeness (QED) is 0.758. The fourth-order valence-electron chi connectivity index (χ4n) is 1.78. The van der Waals surface area contributed by atoms with Gasteiger partial charge in [-0.1, -0.05) is 39.3 Å². The van der Waals surface area contributed by atoms with Crippen molar-refractivity contribution in [2.75, 3.05) is 13.1 Å². The van der Waals surface area contributed by atoms with Crippen LogP contribution in [-0.4, -0.2) is 33.8 Å². The van der Waals surface area contributed by atoms with Crippen LogP contribution in [0.5, 0.6) is 0 Å². The molecule has 0 fully saturated rings. The lowest BCUT2D eigenvalue weighted by molar-refractivity contribution is 0.201. The van der Waals surface area contributed by atoms with Crippen molar-refractivity contribution in [3.05, 3.63) is 40.0 Å². The minimum atomic E-state index is -0.117. The van der Waals surface area contributed by atoms with Crippen molar-refractivity contribution in [3.8, 4) is 0 Å². The Hall–Kier alpha value is -0.980. The van der Waals surface area contributed by atoms with E-state index in [1.165, 1.54) is 16.4 Å². The molecule has 4 nitrogen and oxygen atoms in total. The lowest BCUT2D eigenvalue weighted by atomic mass is 10.4. The number of carbonyl (C=O) groups is 1. The minimum Gasteiger partial charge on any atom is -0.323 e. The molecule has 0 bridgehead atoms. The summed E-state index contributed by atoms with van der Waals surface area (Å²) in [6.45, 7) is 5.22. The maximum Gasteiger partial charge on any atom is 0.344 e. The van der Waals surface area contributed by atoms with Crippen molar-refractivity contribution in [1.29, 1.82) is 0 Å². The Labute approximate surface area is 141 Å². The molecule has 0 atom stereocenters. The van der Waals surface area contributed by atoms with Crippen LogP contribution in [0.4, 0.5) is 4.79 Å². The highest BCUT2D eigenvalue weighted by Crippen LogP contribution is 2.33.